The maximum atomic E-state index is 12.3. The lowest BCUT2D eigenvalue weighted by Crippen LogP contribution is -2.11. The molecule has 1 saturated carbocycles. The zero-order chi connectivity index (χ0) is 12.3. The zero-order valence-electron chi connectivity index (χ0n) is 9.56. The SMILES string of the molecule is FC(F)(F)c1ccc(NCC2CCCC2)cc1. The van der Waals surface area contributed by atoms with E-state index in [1.807, 2.05) is 0 Å². The molecule has 0 atom stereocenters. The smallest absolute Gasteiger partial charge is 0.385 e. The first-order chi connectivity index (χ1) is 8.05. The van der Waals surface area contributed by atoms with E-state index in [1.165, 1.54) is 37.8 Å². The van der Waals surface area contributed by atoms with E-state index in [4.69, 9.17) is 0 Å². The molecule has 1 aromatic rings. The minimum atomic E-state index is -4.25. The fourth-order valence-electron chi connectivity index (χ4n) is 2.25. The maximum absolute atomic E-state index is 12.3. The summed E-state index contributed by atoms with van der Waals surface area (Å²) in [6.45, 7) is 0.866. The summed E-state index contributed by atoms with van der Waals surface area (Å²) in [5.41, 5.74) is 0.175. The molecule has 0 heterocycles. The third-order valence-electron chi connectivity index (χ3n) is 3.28. The van der Waals surface area contributed by atoms with Gasteiger partial charge in [0.2, 0.25) is 0 Å². The normalized spacial score (nSPS) is 17.4. The van der Waals surface area contributed by atoms with Crippen LogP contribution in [0.4, 0.5) is 18.9 Å². The van der Waals surface area contributed by atoms with Crippen LogP contribution in [0.2, 0.25) is 0 Å². The Bertz CT molecular complexity index is 350. The Morgan fingerprint density at radius 1 is 1.06 bits per heavy atom. The molecule has 0 bridgehead atoms. The first-order valence-corrected chi connectivity index (χ1v) is 5.97. The average Bonchev–Trinajstić information content (AvgIpc) is 2.78. The molecule has 0 amide bonds. The van der Waals surface area contributed by atoms with E-state index in [0.717, 1.165) is 24.4 Å². The molecule has 1 aromatic carbocycles. The second-order valence-electron chi connectivity index (χ2n) is 4.61. The summed E-state index contributed by atoms with van der Waals surface area (Å²) in [4.78, 5) is 0. The second kappa shape index (κ2) is 4.98. The molecule has 1 N–H and O–H groups in total. The van der Waals surface area contributed by atoms with Crippen molar-refractivity contribution in [1.82, 2.24) is 0 Å². The van der Waals surface area contributed by atoms with Gasteiger partial charge in [-0.3, -0.25) is 0 Å². The van der Waals surface area contributed by atoms with E-state index >= 15 is 0 Å². The van der Waals surface area contributed by atoms with Crippen molar-refractivity contribution >= 4 is 5.69 Å². The summed E-state index contributed by atoms with van der Waals surface area (Å²) in [7, 11) is 0. The Balaban J connectivity index is 1.89. The van der Waals surface area contributed by atoms with E-state index in [2.05, 4.69) is 5.32 Å². The predicted molar refractivity (Wildman–Crippen MR) is 61.9 cm³/mol. The number of benzene rings is 1. The summed E-state index contributed by atoms with van der Waals surface area (Å²) >= 11 is 0. The predicted octanol–water partition coefficient (Wildman–Crippen LogP) is 4.31. The van der Waals surface area contributed by atoms with Gasteiger partial charge < -0.3 is 5.32 Å². The number of rotatable bonds is 3. The fraction of sp³-hybridized carbons (Fsp3) is 0.538. The molecule has 1 nitrogen and oxygen atoms in total. The number of nitrogens with one attached hydrogen (secondary N) is 1. The molecule has 0 aromatic heterocycles. The monoisotopic (exact) mass is 243 g/mol. The molecule has 2 rings (SSSR count). The van der Waals surface area contributed by atoms with E-state index in [-0.39, 0.29) is 0 Å². The van der Waals surface area contributed by atoms with Gasteiger partial charge >= 0.3 is 6.18 Å². The van der Waals surface area contributed by atoms with Crippen molar-refractivity contribution < 1.29 is 13.2 Å². The van der Waals surface area contributed by atoms with Gasteiger partial charge in [0.1, 0.15) is 0 Å². The highest BCUT2D eigenvalue weighted by atomic mass is 19.4. The summed E-state index contributed by atoms with van der Waals surface area (Å²) in [5.74, 6) is 0.678. The summed E-state index contributed by atoms with van der Waals surface area (Å²) < 4.78 is 37.0. The summed E-state index contributed by atoms with van der Waals surface area (Å²) in [5, 5.41) is 3.20. The van der Waals surface area contributed by atoms with Gasteiger partial charge in [0.05, 0.1) is 5.56 Å². The third-order valence-corrected chi connectivity index (χ3v) is 3.28. The number of halogens is 3. The Hall–Kier alpha value is -1.19. The van der Waals surface area contributed by atoms with Gasteiger partial charge in [-0.05, 0) is 43.0 Å². The highest BCUT2D eigenvalue weighted by Crippen LogP contribution is 2.30. The summed E-state index contributed by atoms with van der Waals surface area (Å²) in [6, 6.07) is 5.24. The molecule has 1 aliphatic rings. The van der Waals surface area contributed by atoms with Gasteiger partial charge in [0.15, 0.2) is 0 Å². The van der Waals surface area contributed by atoms with Crippen LogP contribution in [0.25, 0.3) is 0 Å². The molecule has 1 fully saturated rings. The number of hydrogen-bond acceptors (Lipinski definition) is 1. The number of hydrogen-bond donors (Lipinski definition) is 1. The highest BCUT2D eigenvalue weighted by Gasteiger charge is 2.29. The molecule has 0 saturated heterocycles. The van der Waals surface area contributed by atoms with Crippen LogP contribution in [0.15, 0.2) is 24.3 Å². The van der Waals surface area contributed by atoms with Crippen LogP contribution in [-0.2, 0) is 6.18 Å². The van der Waals surface area contributed by atoms with Crippen LogP contribution in [-0.4, -0.2) is 6.54 Å². The lowest BCUT2D eigenvalue weighted by atomic mass is 10.1. The van der Waals surface area contributed by atoms with Gasteiger partial charge in [0, 0.05) is 12.2 Å². The van der Waals surface area contributed by atoms with Crippen LogP contribution in [0, 0.1) is 5.92 Å². The maximum Gasteiger partial charge on any atom is 0.416 e. The lowest BCUT2D eigenvalue weighted by Gasteiger charge is -2.12. The van der Waals surface area contributed by atoms with Crippen molar-refractivity contribution in [2.75, 3.05) is 11.9 Å². The molecule has 0 spiro atoms. The Morgan fingerprint density at radius 3 is 2.18 bits per heavy atom. The van der Waals surface area contributed by atoms with Gasteiger partial charge in [-0.25, -0.2) is 0 Å². The first-order valence-electron chi connectivity index (χ1n) is 5.97. The van der Waals surface area contributed by atoms with Crippen molar-refractivity contribution in [3.05, 3.63) is 29.8 Å². The topological polar surface area (TPSA) is 12.0 Å². The Labute approximate surface area is 99.0 Å². The summed E-state index contributed by atoms with van der Waals surface area (Å²) in [6.07, 6.45) is 0.768. The Kier molecular flexibility index (Phi) is 3.60. The molecule has 4 heteroatoms. The standard InChI is InChI=1S/C13H16F3N/c14-13(15,16)11-5-7-12(8-6-11)17-9-10-3-1-2-4-10/h5-8,10,17H,1-4,9H2. The van der Waals surface area contributed by atoms with E-state index in [0.29, 0.717) is 5.92 Å². The van der Waals surface area contributed by atoms with Crippen LogP contribution in [0.1, 0.15) is 31.2 Å². The van der Waals surface area contributed by atoms with Crippen LogP contribution in [0.5, 0.6) is 0 Å². The van der Waals surface area contributed by atoms with Gasteiger partial charge in [0.25, 0.3) is 0 Å². The van der Waals surface area contributed by atoms with Crippen molar-refractivity contribution in [3.63, 3.8) is 0 Å². The van der Waals surface area contributed by atoms with Gasteiger partial charge in [-0.15, -0.1) is 0 Å². The molecule has 17 heavy (non-hydrogen) atoms. The van der Waals surface area contributed by atoms with Crippen molar-refractivity contribution in [3.8, 4) is 0 Å². The molecular weight excluding hydrogens is 227 g/mol. The molecule has 0 unspecified atom stereocenters. The molecule has 0 radical (unpaired) electrons. The Morgan fingerprint density at radius 2 is 1.65 bits per heavy atom. The third kappa shape index (κ3) is 3.38. The minimum Gasteiger partial charge on any atom is -0.385 e. The van der Waals surface area contributed by atoms with Crippen molar-refractivity contribution in [2.24, 2.45) is 5.92 Å². The van der Waals surface area contributed by atoms with E-state index in [1.54, 1.807) is 0 Å². The fourth-order valence-corrected chi connectivity index (χ4v) is 2.25. The van der Waals surface area contributed by atoms with Crippen LogP contribution < -0.4 is 5.32 Å². The van der Waals surface area contributed by atoms with E-state index in [9.17, 15) is 13.2 Å². The lowest BCUT2D eigenvalue weighted by molar-refractivity contribution is -0.137. The highest BCUT2D eigenvalue weighted by molar-refractivity contribution is 5.45. The molecule has 94 valence electrons. The quantitative estimate of drug-likeness (QED) is 0.834. The van der Waals surface area contributed by atoms with E-state index < -0.39 is 11.7 Å². The van der Waals surface area contributed by atoms with Gasteiger partial charge in [-0.2, -0.15) is 13.2 Å². The molecular formula is C13H16F3N. The van der Waals surface area contributed by atoms with Crippen LogP contribution in [0.3, 0.4) is 0 Å². The first kappa shape index (κ1) is 12.3. The van der Waals surface area contributed by atoms with Crippen LogP contribution >= 0.6 is 0 Å². The number of anilines is 1. The van der Waals surface area contributed by atoms with Crippen molar-refractivity contribution in [1.29, 1.82) is 0 Å². The molecule has 0 aliphatic heterocycles. The zero-order valence-corrected chi connectivity index (χ0v) is 9.56. The largest absolute Gasteiger partial charge is 0.416 e. The second-order valence-corrected chi connectivity index (χ2v) is 4.61. The molecule has 1 aliphatic carbocycles. The number of alkyl halides is 3. The van der Waals surface area contributed by atoms with Crippen molar-refractivity contribution in [2.45, 2.75) is 31.9 Å². The average molecular weight is 243 g/mol. The minimum absolute atomic E-state index is 0.594. The van der Waals surface area contributed by atoms with Gasteiger partial charge in [-0.1, -0.05) is 12.8 Å².